The van der Waals surface area contributed by atoms with Gasteiger partial charge in [-0.25, -0.2) is 8.96 Å². The van der Waals surface area contributed by atoms with E-state index in [1.807, 2.05) is 7.05 Å². The lowest BCUT2D eigenvalue weighted by Crippen LogP contribution is -2.56. The lowest BCUT2D eigenvalue weighted by atomic mass is 9.76. The molecule has 1 saturated carbocycles. The average Bonchev–Trinajstić information content (AvgIpc) is 2.73. The van der Waals surface area contributed by atoms with Crippen LogP contribution in [0.1, 0.15) is 38.5 Å². The van der Waals surface area contributed by atoms with Crippen molar-refractivity contribution in [3.05, 3.63) is 29.0 Å². The molecule has 1 fully saturated rings. The quantitative estimate of drug-likeness (QED) is 0.264. The van der Waals surface area contributed by atoms with Crippen LogP contribution in [0.4, 0.5) is 4.39 Å². The molecule has 31 heavy (non-hydrogen) atoms. The van der Waals surface area contributed by atoms with Gasteiger partial charge in [0, 0.05) is 18.2 Å². The zero-order valence-electron chi connectivity index (χ0n) is 17.3. The van der Waals surface area contributed by atoms with Crippen LogP contribution in [-0.4, -0.2) is 54.3 Å². The summed E-state index contributed by atoms with van der Waals surface area (Å²) in [5.74, 6) is -0.853. The minimum Gasteiger partial charge on any atom is -0.484 e. The molecule has 1 amide bonds. The highest BCUT2D eigenvalue weighted by atomic mass is 35.5. The van der Waals surface area contributed by atoms with Gasteiger partial charge in [0.1, 0.15) is 11.6 Å². The number of rotatable bonds is 12. The molecule has 1 aliphatic rings. The van der Waals surface area contributed by atoms with E-state index in [0.717, 1.165) is 38.2 Å². The molecule has 0 radical (unpaired) electrons. The first-order valence-electron chi connectivity index (χ1n) is 10.0. The number of phosphoric acid groups is 1. The number of amides is 1. The first-order valence-corrected chi connectivity index (χ1v) is 11.9. The van der Waals surface area contributed by atoms with Crippen LogP contribution in [0.15, 0.2) is 18.2 Å². The Morgan fingerprint density at radius 2 is 2.03 bits per heavy atom. The van der Waals surface area contributed by atoms with E-state index in [4.69, 9.17) is 30.9 Å². The van der Waals surface area contributed by atoms with Gasteiger partial charge in [0.05, 0.1) is 11.1 Å². The monoisotopic (exact) mass is 482 g/mol. The van der Waals surface area contributed by atoms with Gasteiger partial charge in [-0.15, -0.1) is 0 Å². The van der Waals surface area contributed by atoms with Crippen molar-refractivity contribution in [2.75, 3.05) is 27.0 Å². The van der Waals surface area contributed by atoms with Crippen molar-refractivity contribution in [1.29, 1.82) is 0 Å². The minimum atomic E-state index is -4.65. The van der Waals surface area contributed by atoms with Crippen LogP contribution in [0.25, 0.3) is 0 Å². The molecule has 0 saturated heterocycles. The molecule has 0 heterocycles. The van der Waals surface area contributed by atoms with Gasteiger partial charge in [0.15, 0.2) is 13.4 Å². The van der Waals surface area contributed by atoms with Gasteiger partial charge in [-0.05, 0) is 38.4 Å². The summed E-state index contributed by atoms with van der Waals surface area (Å²) in [6, 6.07) is 3.90. The van der Waals surface area contributed by atoms with Crippen molar-refractivity contribution in [2.24, 2.45) is 0 Å². The third-order valence-corrected chi connectivity index (χ3v) is 6.09. The molecule has 1 aromatic carbocycles. The molecule has 2 rings (SSSR count). The largest absolute Gasteiger partial charge is 0.484 e. The number of carbonyl (C=O) groups excluding carboxylic acids is 1. The number of phosphoric ester groups is 1. The van der Waals surface area contributed by atoms with E-state index in [1.54, 1.807) is 0 Å². The molecule has 176 valence electrons. The van der Waals surface area contributed by atoms with Crippen LogP contribution in [0.2, 0.25) is 5.02 Å². The first kappa shape index (κ1) is 26.0. The maximum atomic E-state index is 13.4. The molecule has 1 atom stereocenters. The molecule has 9 nitrogen and oxygen atoms in total. The zero-order chi connectivity index (χ0) is 22.9. The topological polar surface area (TPSA) is 126 Å². The van der Waals surface area contributed by atoms with Crippen LogP contribution in [0.3, 0.4) is 0 Å². The number of carbonyl (C=O) groups is 1. The fourth-order valence-corrected chi connectivity index (χ4v) is 4.04. The van der Waals surface area contributed by atoms with Gasteiger partial charge in [0.25, 0.3) is 5.91 Å². The molecule has 4 N–H and O–H groups in total. The summed E-state index contributed by atoms with van der Waals surface area (Å²) in [6.07, 6.45) is 4.74. The number of benzene rings is 1. The fourth-order valence-electron chi connectivity index (χ4n) is 3.73. The number of halogens is 2. The third-order valence-electron chi connectivity index (χ3n) is 5.34. The van der Waals surface area contributed by atoms with Crippen LogP contribution < -0.4 is 15.4 Å². The highest BCUT2D eigenvalue weighted by molar-refractivity contribution is 7.46. The van der Waals surface area contributed by atoms with Crippen molar-refractivity contribution in [3.8, 4) is 5.75 Å². The van der Waals surface area contributed by atoms with Crippen LogP contribution >= 0.6 is 19.4 Å². The summed E-state index contributed by atoms with van der Waals surface area (Å²) in [6.45, 7) is -0.607. The van der Waals surface area contributed by atoms with E-state index in [1.165, 1.54) is 12.1 Å². The number of hydrogen-bond acceptors (Lipinski definition) is 6. The number of ether oxygens (including phenoxy) is 2. The Bertz CT molecular complexity index is 774. The standard InChI is InChI=1S/C19H29ClFN2O7P/c1-22-19(8-3-2-4-9-19)17(29-13-30-31(25,26)27)7-10-23-18(24)12-28-14-5-6-15(20)16(21)11-14/h5-6,11,17,22H,2-4,7-10,12-13H2,1H3,(H,23,24)(H2,25,26,27). The highest BCUT2D eigenvalue weighted by Gasteiger charge is 2.39. The van der Waals surface area contributed by atoms with Crippen molar-refractivity contribution in [1.82, 2.24) is 10.6 Å². The van der Waals surface area contributed by atoms with Crippen LogP contribution in [0.5, 0.6) is 5.75 Å². The molecule has 0 aromatic heterocycles. The van der Waals surface area contributed by atoms with E-state index >= 15 is 0 Å². The zero-order valence-corrected chi connectivity index (χ0v) is 19.0. The predicted molar refractivity (Wildman–Crippen MR) is 112 cm³/mol. The Morgan fingerprint density at radius 3 is 2.65 bits per heavy atom. The Kier molecular flexibility index (Phi) is 10.2. The van der Waals surface area contributed by atoms with Gasteiger partial charge >= 0.3 is 7.82 Å². The van der Waals surface area contributed by atoms with Gasteiger partial charge in [-0.2, -0.15) is 0 Å². The van der Waals surface area contributed by atoms with E-state index in [9.17, 15) is 13.8 Å². The Labute approximate surface area is 185 Å². The molecule has 0 aliphatic heterocycles. The summed E-state index contributed by atoms with van der Waals surface area (Å²) >= 11 is 5.61. The summed E-state index contributed by atoms with van der Waals surface area (Å²) in [7, 11) is -2.82. The number of nitrogens with one attached hydrogen (secondary N) is 2. The van der Waals surface area contributed by atoms with Gasteiger partial charge < -0.3 is 29.9 Å². The molecule has 0 bridgehead atoms. The maximum absolute atomic E-state index is 13.4. The van der Waals surface area contributed by atoms with Gasteiger partial charge in [-0.3, -0.25) is 9.32 Å². The minimum absolute atomic E-state index is 0.0354. The number of likely N-dealkylation sites (N-methyl/N-ethyl adjacent to an activating group) is 1. The fraction of sp³-hybridized carbons (Fsp3) is 0.632. The van der Waals surface area contributed by atoms with Gasteiger partial charge in [0.2, 0.25) is 0 Å². The van der Waals surface area contributed by atoms with E-state index in [-0.39, 0.29) is 29.5 Å². The first-order chi connectivity index (χ1) is 14.6. The molecule has 0 spiro atoms. The Morgan fingerprint density at radius 1 is 1.32 bits per heavy atom. The lowest BCUT2D eigenvalue weighted by Gasteiger charge is -2.43. The predicted octanol–water partition coefficient (Wildman–Crippen LogP) is 2.74. The van der Waals surface area contributed by atoms with Crippen molar-refractivity contribution < 1.29 is 37.5 Å². The molecule has 12 heteroatoms. The van der Waals surface area contributed by atoms with Gasteiger partial charge in [-0.1, -0.05) is 30.9 Å². The van der Waals surface area contributed by atoms with Crippen molar-refractivity contribution in [3.63, 3.8) is 0 Å². The highest BCUT2D eigenvalue weighted by Crippen LogP contribution is 2.37. The second kappa shape index (κ2) is 12.1. The summed E-state index contributed by atoms with van der Waals surface area (Å²) in [4.78, 5) is 29.9. The number of hydrogen-bond donors (Lipinski definition) is 4. The average molecular weight is 483 g/mol. The smallest absolute Gasteiger partial charge is 0.471 e. The second-order valence-corrected chi connectivity index (χ2v) is 9.01. The Balaban J connectivity index is 1.86. The summed E-state index contributed by atoms with van der Waals surface area (Å²) in [5.41, 5.74) is -0.376. The van der Waals surface area contributed by atoms with E-state index in [2.05, 4.69) is 15.2 Å². The lowest BCUT2D eigenvalue weighted by molar-refractivity contribution is -0.123. The third kappa shape index (κ3) is 8.65. The SMILES string of the molecule is CNC1(C(CCNC(=O)COc2ccc(Cl)c(F)c2)OCOP(=O)(O)O)CCCCC1. The van der Waals surface area contributed by atoms with Crippen molar-refractivity contribution in [2.45, 2.75) is 50.2 Å². The molecule has 1 aromatic rings. The molecular formula is C19H29ClFN2O7P. The van der Waals surface area contributed by atoms with Crippen molar-refractivity contribution >= 4 is 25.3 Å². The molecule has 1 aliphatic carbocycles. The second-order valence-electron chi connectivity index (χ2n) is 7.36. The molecular weight excluding hydrogens is 454 g/mol. The van der Waals surface area contributed by atoms with Crippen LogP contribution in [-0.2, 0) is 18.6 Å². The maximum Gasteiger partial charge on any atom is 0.471 e. The van der Waals surface area contributed by atoms with E-state index in [0.29, 0.717) is 6.42 Å². The summed E-state index contributed by atoms with van der Waals surface area (Å²) in [5, 5.41) is 5.98. The van der Waals surface area contributed by atoms with E-state index < -0.39 is 32.4 Å². The summed E-state index contributed by atoms with van der Waals surface area (Å²) < 4.78 is 39.7. The normalized spacial score (nSPS) is 17.2. The molecule has 1 unspecified atom stereocenters. The van der Waals surface area contributed by atoms with Crippen LogP contribution in [0, 0.1) is 5.82 Å². The Hall–Kier alpha value is -1.26.